The summed E-state index contributed by atoms with van der Waals surface area (Å²) in [4.78, 5) is 28.9. The van der Waals surface area contributed by atoms with E-state index in [1.165, 1.54) is 17.0 Å². The molecule has 40 heavy (non-hydrogen) atoms. The Hall–Kier alpha value is -3.65. The van der Waals surface area contributed by atoms with Crippen LogP contribution >= 0.6 is 0 Å². The zero-order valence-corrected chi connectivity index (χ0v) is 24.4. The van der Waals surface area contributed by atoms with Crippen molar-refractivity contribution in [3.8, 4) is 0 Å². The highest BCUT2D eigenvalue weighted by atomic mass is 32.2. The number of carbonyl (C=O) groups excluding carboxylic acids is 2. The van der Waals surface area contributed by atoms with Gasteiger partial charge < -0.3 is 10.2 Å². The highest BCUT2D eigenvalue weighted by Crippen LogP contribution is 2.25. The van der Waals surface area contributed by atoms with E-state index in [-0.39, 0.29) is 23.4 Å². The van der Waals surface area contributed by atoms with Crippen LogP contribution in [0.3, 0.4) is 0 Å². The van der Waals surface area contributed by atoms with Gasteiger partial charge in [-0.1, -0.05) is 79.9 Å². The maximum absolute atomic E-state index is 14.0. The molecule has 2 amide bonds. The van der Waals surface area contributed by atoms with Crippen LogP contribution in [0.2, 0.25) is 0 Å². The highest BCUT2D eigenvalue weighted by Gasteiger charge is 2.33. The summed E-state index contributed by atoms with van der Waals surface area (Å²) in [5.41, 5.74) is 3.41. The molecule has 0 aliphatic heterocycles. The maximum atomic E-state index is 14.0. The number of carbonyl (C=O) groups is 2. The summed E-state index contributed by atoms with van der Waals surface area (Å²) in [6.07, 6.45) is 4.83. The number of nitrogens with zero attached hydrogens (tertiary/aromatic N) is 2. The molecule has 1 saturated carbocycles. The van der Waals surface area contributed by atoms with Gasteiger partial charge >= 0.3 is 0 Å². The van der Waals surface area contributed by atoms with Gasteiger partial charge in [-0.25, -0.2) is 8.42 Å². The van der Waals surface area contributed by atoms with Crippen molar-refractivity contribution in [1.82, 2.24) is 10.2 Å². The maximum Gasteiger partial charge on any atom is 0.264 e. The lowest BCUT2D eigenvalue weighted by molar-refractivity contribution is -0.139. The number of amides is 2. The van der Waals surface area contributed by atoms with Crippen LogP contribution < -0.4 is 9.62 Å². The summed E-state index contributed by atoms with van der Waals surface area (Å²) in [7, 11) is -4.06. The molecule has 0 radical (unpaired) electrons. The van der Waals surface area contributed by atoms with Gasteiger partial charge in [0.1, 0.15) is 12.6 Å². The minimum Gasteiger partial charge on any atom is -0.352 e. The second-order valence-corrected chi connectivity index (χ2v) is 12.4. The Morgan fingerprint density at radius 1 is 0.900 bits per heavy atom. The fourth-order valence-corrected chi connectivity index (χ4v) is 6.45. The molecule has 8 heteroatoms. The topological polar surface area (TPSA) is 86.8 Å². The van der Waals surface area contributed by atoms with Gasteiger partial charge in [-0.3, -0.25) is 13.9 Å². The van der Waals surface area contributed by atoms with Gasteiger partial charge in [0.15, 0.2) is 0 Å². The van der Waals surface area contributed by atoms with Gasteiger partial charge in [-0.15, -0.1) is 0 Å². The van der Waals surface area contributed by atoms with Crippen molar-refractivity contribution in [1.29, 1.82) is 0 Å². The van der Waals surface area contributed by atoms with Crippen molar-refractivity contribution in [2.45, 2.75) is 76.4 Å². The molecule has 1 atom stereocenters. The molecule has 0 heterocycles. The molecule has 0 saturated heterocycles. The third-order valence-electron chi connectivity index (χ3n) is 7.59. The first-order valence-electron chi connectivity index (χ1n) is 14.0. The quantitative estimate of drug-likeness (QED) is 0.347. The van der Waals surface area contributed by atoms with Crippen LogP contribution in [0.4, 0.5) is 5.69 Å². The Kier molecular flexibility index (Phi) is 9.63. The number of sulfonamides is 1. The molecule has 1 aliphatic rings. The van der Waals surface area contributed by atoms with Gasteiger partial charge in [0.25, 0.3) is 10.0 Å². The average Bonchev–Trinajstić information content (AvgIpc) is 3.48. The van der Waals surface area contributed by atoms with E-state index in [9.17, 15) is 18.0 Å². The van der Waals surface area contributed by atoms with Crippen LogP contribution in [0, 0.1) is 6.92 Å². The van der Waals surface area contributed by atoms with E-state index in [1.807, 2.05) is 50.2 Å². The molecule has 1 N–H and O–H groups in total. The summed E-state index contributed by atoms with van der Waals surface area (Å²) in [6.45, 7) is 5.48. The first-order valence-corrected chi connectivity index (χ1v) is 15.4. The van der Waals surface area contributed by atoms with Crippen molar-refractivity contribution in [3.63, 3.8) is 0 Å². The number of aryl methyl sites for hydroxylation is 2. The predicted octanol–water partition coefficient (Wildman–Crippen LogP) is 5.23. The molecule has 1 aliphatic carbocycles. The average molecular weight is 562 g/mol. The Bertz CT molecular complexity index is 1380. The second-order valence-electron chi connectivity index (χ2n) is 10.5. The van der Waals surface area contributed by atoms with Crippen molar-refractivity contribution in [3.05, 3.63) is 95.6 Å². The first kappa shape index (κ1) is 29.3. The lowest BCUT2D eigenvalue weighted by atomic mass is 10.1. The molecule has 212 valence electrons. The number of hydrogen-bond acceptors (Lipinski definition) is 4. The van der Waals surface area contributed by atoms with Crippen LogP contribution in [0.15, 0.2) is 83.8 Å². The molecule has 3 aromatic carbocycles. The third-order valence-corrected chi connectivity index (χ3v) is 9.37. The highest BCUT2D eigenvalue weighted by molar-refractivity contribution is 7.92. The SMILES string of the molecule is CCc1ccc(N(CC(=O)N(Cc2ccc(C)cc2)[C@H](C)C(=O)NC2CCCC2)S(=O)(=O)c2ccccc2)cc1. The van der Waals surface area contributed by atoms with Crippen molar-refractivity contribution >= 4 is 27.5 Å². The smallest absolute Gasteiger partial charge is 0.264 e. The van der Waals surface area contributed by atoms with Crippen molar-refractivity contribution in [2.75, 3.05) is 10.8 Å². The fraction of sp³-hybridized carbons (Fsp3) is 0.375. The van der Waals surface area contributed by atoms with E-state index in [0.29, 0.717) is 5.69 Å². The van der Waals surface area contributed by atoms with Crippen molar-refractivity contribution < 1.29 is 18.0 Å². The number of benzene rings is 3. The van der Waals surface area contributed by atoms with Gasteiger partial charge in [-0.2, -0.15) is 0 Å². The first-order chi connectivity index (χ1) is 19.2. The lowest BCUT2D eigenvalue weighted by Crippen LogP contribution is -2.52. The number of anilines is 1. The molecule has 0 unspecified atom stereocenters. The molecule has 0 aromatic heterocycles. The van der Waals surface area contributed by atoms with Crippen LogP contribution in [-0.2, 0) is 32.6 Å². The summed E-state index contributed by atoms with van der Waals surface area (Å²) in [5, 5.41) is 3.10. The fourth-order valence-electron chi connectivity index (χ4n) is 5.01. The zero-order valence-electron chi connectivity index (χ0n) is 23.5. The lowest BCUT2D eigenvalue weighted by Gasteiger charge is -2.32. The largest absolute Gasteiger partial charge is 0.352 e. The van der Waals surface area contributed by atoms with Crippen LogP contribution in [0.25, 0.3) is 0 Å². The van der Waals surface area contributed by atoms with E-state index in [4.69, 9.17) is 0 Å². The Morgan fingerprint density at radius 3 is 2.10 bits per heavy atom. The minimum atomic E-state index is -4.06. The van der Waals surface area contributed by atoms with Crippen LogP contribution in [0.5, 0.6) is 0 Å². The third kappa shape index (κ3) is 7.10. The van der Waals surface area contributed by atoms with E-state index < -0.39 is 28.5 Å². The minimum absolute atomic E-state index is 0.0967. The van der Waals surface area contributed by atoms with E-state index in [1.54, 1.807) is 37.3 Å². The Labute approximate surface area is 238 Å². The number of nitrogens with one attached hydrogen (secondary N) is 1. The number of rotatable bonds is 11. The van der Waals surface area contributed by atoms with Crippen LogP contribution in [0.1, 0.15) is 56.2 Å². The predicted molar refractivity (Wildman–Crippen MR) is 158 cm³/mol. The standard InChI is InChI=1S/C32H39N3O4S/c1-4-26-18-20-29(21-19-26)35(40(38,39)30-12-6-5-7-13-30)23-31(36)34(22-27-16-14-24(2)15-17-27)25(3)32(37)33-28-10-8-9-11-28/h5-7,12-21,25,28H,4,8-11,22-23H2,1-3H3,(H,33,37)/t25-/m1/s1. The zero-order chi connectivity index (χ0) is 28.7. The summed E-state index contributed by atoms with van der Waals surface area (Å²) in [5.74, 6) is -0.675. The molecule has 7 nitrogen and oxygen atoms in total. The second kappa shape index (κ2) is 13.1. The van der Waals surface area contributed by atoms with Crippen molar-refractivity contribution in [2.24, 2.45) is 0 Å². The van der Waals surface area contributed by atoms with E-state index >= 15 is 0 Å². The monoisotopic (exact) mass is 561 g/mol. The molecule has 1 fully saturated rings. The summed E-state index contributed by atoms with van der Waals surface area (Å²) in [6, 6.07) is 22.4. The van der Waals surface area contributed by atoms with E-state index in [2.05, 4.69) is 5.32 Å². The molecular weight excluding hydrogens is 522 g/mol. The molecule has 0 bridgehead atoms. The Morgan fingerprint density at radius 2 is 1.50 bits per heavy atom. The molecule has 3 aromatic rings. The van der Waals surface area contributed by atoms with E-state index in [0.717, 1.165) is 53.1 Å². The number of hydrogen-bond donors (Lipinski definition) is 1. The van der Waals surface area contributed by atoms with Crippen LogP contribution in [-0.4, -0.2) is 43.8 Å². The van der Waals surface area contributed by atoms with Gasteiger partial charge in [0.2, 0.25) is 11.8 Å². The van der Waals surface area contributed by atoms with Gasteiger partial charge in [-0.05, 0) is 68.5 Å². The molecule has 0 spiro atoms. The molecular formula is C32H39N3O4S. The van der Waals surface area contributed by atoms with Gasteiger partial charge in [0, 0.05) is 12.6 Å². The van der Waals surface area contributed by atoms with Gasteiger partial charge in [0.05, 0.1) is 10.6 Å². The Balaban J connectivity index is 1.67. The summed E-state index contributed by atoms with van der Waals surface area (Å²) < 4.78 is 28.8. The summed E-state index contributed by atoms with van der Waals surface area (Å²) >= 11 is 0. The normalized spacial score (nSPS) is 14.5. The molecule has 4 rings (SSSR count).